The van der Waals surface area contributed by atoms with Crippen LogP contribution < -0.4 is 10.0 Å². The monoisotopic (exact) mass is 353 g/mol. The SMILES string of the molecule is COc1ccc2c(c1)c1ccccc1n2-c1cccc(P(=O)(O)O)c1. The second-order valence-electron chi connectivity index (χ2n) is 5.80. The summed E-state index contributed by atoms with van der Waals surface area (Å²) in [6.45, 7) is 0. The lowest BCUT2D eigenvalue weighted by molar-refractivity contribution is 0.387. The normalized spacial score (nSPS) is 12.0. The fourth-order valence-corrected chi connectivity index (χ4v) is 3.75. The van der Waals surface area contributed by atoms with Gasteiger partial charge in [0.05, 0.1) is 23.4 Å². The van der Waals surface area contributed by atoms with E-state index in [0.29, 0.717) is 5.69 Å². The lowest BCUT2D eigenvalue weighted by atomic mass is 10.1. The summed E-state index contributed by atoms with van der Waals surface area (Å²) in [5, 5.41) is 2.08. The van der Waals surface area contributed by atoms with Crippen LogP contribution in [0.25, 0.3) is 27.5 Å². The average molecular weight is 353 g/mol. The Kier molecular flexibility index (Phi) is 3.65. The maximum atomic E-state index is 11.6. The summed E-state index contributed by atoms with van der Waals surface area (Å²) >= 11 is 0. The van der Waals surface area contributed by atoms with Crippen LogP contribution in [0, 0.1) is 0 Å². The summed E-state index contributed by atoms with van der Waals surface area (Å²) < 4.78 is 19.0. The number of benzene rings is 3. The molecule has 0 fully saturated rings. The van der Waals surface area contributed by atoms with Crippen LogP contribution in [0.5, 0.6) is 5.75 Å². The molecule has 3 aromatic carbocycles. The zero-order valence-electron chi connectivity index (χ0n) is 13.5. The lowest BCUT2D eigenvalue weighted by Gasteiger charge is -2.11. The Bertz CT molecular complexity index is 1140. The van der Waals surface area contributed by atoms with Gasteiger partial charge in [0.1, 0.15) is 5.75 Å². The molecule has 126 valence electrons. The van der Waals surface area contributed by atoms with Gasteiger partial charge in [0.15, 0.2) is 0 Å². The Morgan fingerprint density at radius 1 is 0.880 bits per heavy atom. The average Bonchev–Trinajstić information content (AvgIpc) is 2.94. The van der Waals surface area contributed by atoms with Gasteiger partial charge in [-0.05, 0) is 42.5 Å². The summed E-state index contributed by atoms with van der Waals surface area (Å²) in [4.78, 5) is 19.0. The van der Waals surface area contributed by atoms with Crippen molar-refractivity contribution in [3.05, 3.63) is 66.7 Å². The first-order valence-corrected chi connectivity index (χ1v) is 9.34. The van der Waals surface area contributed by atoms with E-state index in [9.17, 15) is 14.4 Å². The molecule has 0 aliphatic carbocycles. The number of ether oxygens (including phenoxy) is 1. The third kappa shape index (κ3) is 2.63. The number of para-hydroxylation sites is 1. The highest BCUT2D eigenvalue weighted by Gasteiger charge is 2.19. The molecule has 0 unspecified atom stereocenters. The predicted octanol–water partition coefficient (Wildman–Crippen LogP) is 3.60. The van der Waals surface area contributed by atoms with Crippen LogP contribution in [-0.2, 0) is 4.57 Å². The van der Waals surface area contributed by atoms with Crippen molar-refractivity contribution in [1.82, 2.24) is 4.57 Å². The van der Waals surface area contributed by atoms with E-state index in [0.717, 1.165) is 27.6 Å². The Labute approximate surface area is 144 Å². The van der Waals surface area contributed by atoms with Gasteiger partial charge in [0.25, 0.3) is 0 Å². The summed E-state index contributed by atoms with van der Waals surface area (Å²) in [7, 11) is -2.68. The van der Waals surface area contributed by atoms with Crippen LogP contribution in [-0.4, -0.2) is 21.5 Å². The van der Waals surface area contributed by atoms with Crippen LogP contribution in [0.4, 0.5) is 0 Å². The third-order valence-corrected chi connectivity index (χ3v) is 5.25. The molecule has 6 heteroatoms. The van der Waals surface area contributed by atoms with Crippen molar-refractivity contribution in [2.24, 2.45) is 0 Å². The molecule has 0 saturated heterocycles. The maximum Gasteiger partial charge on any atom is 0.356 e. The molecule has 0 saturated carbocycles. The smallest absolute Gasteiger partial charge is 0.356 e. The first-order chi connectivity index (χ1) is 12.0. The second-order valence-corrected chi connectivity index (χ2v) is 7.40. The summed E-state index contributed by atoms with van der Waals surface area (Å²) in [5.74, 6) is 0.763. The largest absolute Gasteiger partial charge is 0.497 e. The van der Waals surface area contributed by atoms with Gasteiger partial charge < -0.3 is 19.1 Å². The van der Waals surface area contributed by atoms with Gasteiger partial charge in [-0.3, -0.25) is 4.57 Å². The number of hydrogen-bond acceptors (Lipinski definition) is 2. The quantitative estimate of drug-likeness (QED) is 0.552. The van der Waals surface area contributed by atoms with Crippen molar-refractivity contribution in [3.63, 3.8) is 0 Å². The van der Waals surface area contributed by atoms with E-state index in [1.807, 2.05) is 53.1 Å². The van der Waals surface area contributed by atoms with Crippen molar-refractivity contribution in [1.29, 1.82) is 0 Å². The van der Waals surface area contributed by atoms with E-state index in [1.165, 1.54) is 12.1 Å². The van der Waals surface area contributed by atoms with Crippen molar-refractivity contribution in [3.8, 4) is 11.4 Å². The Balaban J connectivity index is 2.09. The minimum atomic E-state index is -4.31. The van der Waals surface area contributed by atoms with Gasteiger partial charge >= 0.3 is 7.60 Å². The van der Waals surface area contributed by atoms with Crippen molar-refractivity contribution in [2.45, 2.75) is 0 Å². The maximum absolute atomic E-state index is 11.6. The van der Waals surface area contributed by atoms with Gasteiger partial charge in [-0.2, -0.15) is 0 Å². The summed E-state index contributed by atoms with van der Waals surface area (Å²) in [6.07, 6.45) is 0. The highest BCUT2D eigenvalue weighted by molar-refractivity contribution is 7.60. The third-order valence-electron chi connectivity index (χ3n) is 4.30. The number of aromatic nitrogens is 1. The molecule has 0 aliphatic heterocycles. The summed E-state index contributed by atoms with van der Waals surface area (Å²) in [5.41, 5.74) is 2.62. The van der Waals surface area contributed by atoms with Crippen LogP contribution in [0.3, 0.4) is 0 Å². The highest BCUT2D eigenvalue weighted by atomic mass is 31.2. The van der Waals surface area contributed by atoms with E-state index in [2.05, 4.69) is 0 Å². The first-order valence-electron chi connectivity index (χ1n) is 7.73. The Hall–Kier alpha value is -2.59. The molecule has 0 aliphatic rings. The molecule has 25 heavy (non-hydrogen) atoms. The minimum Gasteiger partial charge on any atom is -0.497 e. The van der Waals surface area contributed by atoms with Crippen molar-refractivity contribution >= 4 is 34.7 Å². The molecular formula is C19H16NO4P. The molecule has 4 rings (SSSR count). The minimum absolute atomic E-state index is 0.00411. The molecule has 2 N–H and O–H groups in total. The van der Waals surface area contributed by atoms with Crippen molar-refractivity contribution < 1.29 is 19.1 Å². The van der Waals surface area contributed by atoms with Gasteiger partial charge in [-0.25, -0.2) is 0 Å². The van der Waals surface area contributed by atoms with Crippen LogP contribution in [0.1, 0.15) is 0 Å². The number of rotatable bonds is 3. The first kappa shape index (κ1) is 15.9. The molecule has 0 spiro atoms. The molecule has 1 aromatic heterocycles. The van der Waals surface area contributed by atoms with Crippen LogP contribution in [0.15, 0.2) is 66.7 Å². The van der Waals surface area contributed by atoms with Gasteiger partial charge in [0.2, 0.25) is 0 Å². The van der Waals surface area contributed by atoms with Gasteiger partial charge in [-0.15, -0.1) is 0 Å². The molecule has 0 amide bonds. The van der Waals surface area contributed by atoms with E-state index in [4.69, 9.17) is 4.74 Å². The molecule has 4 aromatic rings. The number of fused-ring (bicyclic) bond motifs is 3. The standard InChI is InChI=1S/C19H16NO4P/c1-24-14-9-10-19-17(12-14)16-7-2-3-8-18(16)20(19)13-5-4-6-15(11-13)25(21,22)23/h2-12H,1H3,(H2,21,22,23). The molecule has 0 bridgehead atoms. The molecular weight excluding hydrogens is 337 g/mol. The molecule has 5 nitrogen and oxygen atoms in total. The van der Waals surface area contributed by atoms with Crippen LogP contribution >= 0.6 is 7.60 Å². The van der Waals surface area contributed by atoms with E-state index < -0.39 is 7.60 Å². The van der Waals surface area contributed by atoms with Gasteiger partial charge in [-0.1, -0.05) is 24.3 Å². The fraction of sp³-hybridized carbons (Fsp3) is 0.0526. The predicted molar refractivity (Wildman–Crippen MR) is 99.0 cm³/mol. The van der Waals surface area contributed by atoms with E-state index in [1.54, 1.807) is 13.2 Å². The number of nitrogens with zero attached hydrogens (tertiary/aromatic N) is 1. The molecule has 1 heterocycles. The van der Waals surface area contributed by atoms with Gasteiger partial charge in [0, 0.05) is 16.5 Å². The lowest BCUT2D eigenvalue weighted by Crippen LogP contribution is -2.06. The summed E-state index contributed by atoms with van der Waals surface area (Å²) in [6, 6.07) is 20.2. The Morgan fingerprint density at radius 2 is 1.64 bits per heavy atom. The topological polar surface area (TPSA) is 71.7 Å². The molecule has 0 atom stereocenters. The Morgan fingerprint density at radius 3 is 2.40 bits per heavy atom. The van der Waals surface area contributed by atoms with E-state index >= 15 is 0 Å². The number of hydrogen-bond donors (Lipinski definition) is 2. The highest BCUT2D eigenvalue weighted by Crippen LogP contribution is 2.36. The molecule has 0 radical (unpaired) electrons. The number of methoxy groups -OCH3 is 1. The van der Waals surface area contributed by atoms with Crippen molar-refractivity contribution in [2.75, 3.05) is 7.11 Å². The van der Waals surface area contributed by atoms with E-state index in [-0.39, 0.29) is 5.30 Å². The second kappa shape index (κ2) is 5.74. The zero-order valence-corrected chi connectivity index (χ0v) is 14.4. The fourth-order valence-electron chi connectivity index (χ4n) is 3.17. The van der Waals surface area contributed by atoms with Crippen LogP contribution in [0.2, 0.25) is 0 Å². The zero-order chi connectivity index (χ0) is 17.6.